The number of carboxylic acids is 1. The van der Waals surface area contributed by atoms with E-state index in [4.69, 9.17) is 9.84 Å². The number of aryl methyl sites for hydroxylation is 3. The number of benzene rings is 3. The first-order chi connectivity index (χ1) is 22.5. The third-order valence-corrected chi connectivity index (χ3v) is 8.67. The van der Waals surface area contributed by atoms with Gasteiger partial charge in [0.15, 0.2) is 5.75 Å². The van der Waals surface area contributed by atoms with E-state index in [-0.39, 0.29) is 19.6 Å². The van der Waals surface area contributed by atoms with Crippen molar-refractivity contribution in [3.8, 4) is 16.9 Å². The molecular weight excluding hydrogens is 615 g/mol. The van der Waals surface area contributed by atoms with Crippen molar-refractivity contribution in [3.05, 3.63) is 105 Å². The number of rotatable bonds is 13. The minimum atomic E-state index is -4.48. The molecule has 0 saturated carbocycles. The van der Waals surface area contributed by atoms with Crippen molar-refractivity contribution in [2.24, 2.45) is 0 Å². The molecule has 0 atom stereocenters. The zero-order chi connectivity index (χ0) is 35.3. The Kier molecular flexibility index (Phi) is 11.6. The minimum absolute atomic E-state index is 0.0142. The second kappa shape index (κ2) is 15.2. The Morgan fingerprint density at radius 2 is 1.52 bits per heavy atom. The number of carbonyl (C=O) groups is 1. The number of aliphatic carboxylic acids is 1. The maximum atomic E-state index is 13.8. The molecule has 6 nitrogen and oxygen atoms in total. The van der Waals surface area contributed by atoms with Gasteiger partial charge >= 0.3 is 12.1 Å². The lowest BCUT2D eigenvalue weighted by atomic mass is 9.84. The zero-order valence-corrected chi connectivity index (χ0v) is 29.1. The van der Waals surface area contributed by atoms with E-state index in [2.05, 4.69) is 82.7 Å². The number of carboxylic acid groups (broad SMARTS) is 1. The van der Waals surface area contributed by atoms with Gasteiger partial charge < -0.3 is 14.7 Å². The van der Waals surface area contributed by atoms with Crippen molar-refractivity contribution in [2.45, 2.75) is 99.3 Å². The molecule has 1 N–H and O–H groups in total. The van der Waals surface area contributed by atoms with Gasteiger partial charge in [0.05, 0.1) is 24.6 Å². The maximum absolute atomic E-state index is 13.8. The largest absolute Gasteiger partial charge is 0.490 e. The second-order valence-electron chi connectivity index (χ2n) is 13.3. The molecule has 0 saturated heterocycles. The molecule has 4 rings (SSSR count). The van der Waals surface area contributed by atoms with E-state index < -0.39 is 17.7 Å². The predicted molar refractivity (Wildman–Crippen MR) is 185 cm³/mol. The monoisotopic (exact) mass is 661 g/mol. The Labute approximate surface area is 282 Å². The number of ether oxygens (including phenoxy) is 1. The van der Waals surface area contributed by atoms with Gasteiger partial charge in [-0.05, 0) is 108 Å². The van der Waals surface area contributed by atoms with Crippen LogP contribution >= 0.6 is 0 Å². The van der Waals surface area contributed by atoms with Gasteiger partial charge in [-0.1, -0.05) is 63.6 Å². The Morgan fingerprint density at radius 1 is 0.854 bits per heavy atom. The van der Waals surface area contributed by atoms with E-state index in [1.807, 2.05) is 4.90 Å². The van der Waals surface area contributed by atoms with Crippen LogP contribution in [0.2, 0.25) is 0 Å². The van der Waals surface area contributed by atoms with E-state index >= 15 is 0 Å². The summed E-state index contributed by atoms with van der Waals surface area (Å²) >= 11 is 0. The molecule has 4 aromatic rings. The third kappa shape index (κ3) is 9.14. The number of hydrogen-bond acceptors (Lipinski definition) is 5. The normalized spacial score (nSPS) is 11.8. The van der Waals surface area contributed by atoms with Crippen molar-refractivity contribution in [1.29, 1.82) is 0 Å². The molecule has 0 unspecified atom stereocenters. The van der Waals surface area contributed by atoms with Crippen molar-refractivity contribution >= 4 is 11.9 Å². The first-order valence-corrected chi connectivity index (χ1v) is 16.4. The van der Waals surface area contributed by atoms with Crippen molar-refractivity contribution < 1.29 is 27.8 Å². The highest BCUT2D eigenvalue weighted by Gasteiger charge is 2.31. The number of aromatic nitrogens is 2. The summed E-state index contributed by atoms with van der Waals surface area (Å²) in [6, 6.07) is 13.0. The lowest BCUT2D eigenvalue weighted by Crippen LogP contribution is -2.25. The fourth-order valence-corrected chi connectivity index (χ4v) is 5.93. The summed E-state index contributed by atoms with van der Waals surface area (Å²) in [4.78, 5) is 21.9. The SMILES string of the molecule is Cc1cc(CN(Cc2cc(C)c(C)cc2-c2cc(C(C)C)cc(C(C)C)c2C)c2ncc(OCCCC(=O)O)cn2)cc(C(F)(F)F)c1. The Morgan fingerprint density at radius 3 is 2.12 bits per heavy atom. The molecule has 0 fully saturated rings. The molecule has 0 aliphatic rings. The van der Waals surface area contributed by atoms with Crippen molar-refractivity contribution in [1.82, 2.24) is 9.97 Å². The van der Waals surface area contributed by atoms with Crippen LogP contribution in [0.3, 0.4) is 0 Å². The predicted octanol–water partition coefficient (Wildman–Crippen LogP) is 10.1. The first kappa shape index (κ1) is 36.4. The summed E-state index contributed by atoms with van der Waals surface area (Å²) in [7, 11) is 0. The molecular formula is C39H46F3N3O3. The van der Waals surface area contributed by atoms with Gasteiger partial charge in [0.2, 0.25) is 5.95 Å². The number of alkyl halides is 3. The summed E-state index contributed by atoms with van der Waals surface area (Å²) in [6.45, 7) is 17.4. The molecule has 1 heterocycles. The van der Waals surface area contributed by atoms with Crippen LogP contribution in [-0.2, 0) is 24.1 Å². The number of hydrogen-bond donors (Lipinski definition) is 1. The lowest BCUT2D eigenvalue weighted by molar-refractivity contribution is -0.138. The molecule has 0 amide bonds. The van der Waals surface area contributed by atoms with Gasteiger partial charge in [0, 0.05) is 19.5 Å². The van der Waals surface area contributed by atoms with Crippen LogP contribution in [0, 0.1) is 27.7 Å². The maximum Gasteiger partial charge on any atom is 0.416 e. The van der Waals surface area contributed by atoms with E-state index in [1.165, 1.54) is 35.2 Å². The first-order valence-electron chi connectivity index (χ1n) is 16.4. The van der Waals surface area contributed by atoms with Gasteiger partial charge in [0.25, 0.3) is 0 Å². The standard InChI is InChI=1S/C39H46F3N3O3/c1-23(2)30-17-34(24(3)4)28(8)35(18-30)36-15-27(7)26(6)14-31(36)22-45(21-29-12-25(5)13-32(16-29)39(40,41)42)38-43-19-33(20-44-38)48-11-9-10-37(46)47/h12-20,23-24H,9-11,21-22H2,1-8H3,(H,46,47). The Hall–Kier alpha value is -4.40. The number of nitrogens with zero attached hydrogens (tertiary/aromatic N) is 3. The molecule has 9 heteroatoms. The molecule has 3 aromatic carbocycles. The molecule has 0 spiro atoms. The highest BCUT2D eigenvalue weighted by molar-refractivity contribution is 5.74. The Balaban J connectivity index is 1.82. The summed E-state index contributed by atoms with van der Waals surface area (Å²) < 4.78 is 47.1. The van der Waals surface area contributed by atoms with Crippen molar-refractivity contribution in [2.75, 3.05) is 11.5 Å². The van der Waals surface area contributed by atoms with E-state index in [0.29, 0.717) is 47.6 Å². The smallest absolute Gasteiger partial charge is 0.416 e. The van der Waals surface area contributed by atoms with E-state index in [1.54, 1.807) is 13.0 Å². The third-order valence-electron chi connectivity index (χ3n) is 8.67. The van der Waals surface area contributed by atoms with Gasteiger partial charge in [-0.2, -0.15) is 13.2 Å². The number of halogens is 3. The number of anilines is 1. The second-order valence-corrected chi connectivity index (χ2v) is 13.3. The van der Waals surface area contributed by atoms with Crippen molar-refractivity contribution in [3.63, 3.8) is 0 Å². The summed E-state index contributed by atoms with van der Waals surface area (Å²) in [5, 5.41) is 8.90. The van der Waals surface area contributed by atoms with Crippen LogP contribution in [0.15, 0.2) is 54.9 Å². The summed E-state index contributed by atoms with van der Waals surface area (Å²) in [6.07, 6.45) is -1.13. The highest BCUT2D eigenvalue weighted by atomic mass is 19.4. The molecule has 0 aliphatic carbocycles. The van der Waals surface area contributed by atoms with Crippen LogP contribution in [0.5, 0.6) is 5.75 Å². The fraction of sp³-hybridized carbons (Fsp3) is 0.410. The molecule has 0 aliphatic heterocycles. The zero-order valence-electron chi connectivity index (χ0n) is 29.1. The van der Waals surface area contributed by atoms with Crippen LogP contribution < -0.4 is 9.64 Å². The fourth-order valence-electron chi connectivity index (χ4n) is 5.93. The van der Waals surface area contributed by atoms with E-state index in [0.717, 1.165) is 33.9 Å². The molecule has 48 heavy (non-hydrogen) atoms. The van der Waals surface area contributed by atoms with Crippen LogP contribution in [-0.4, -0.2) is 27.7 Å². The lowest BCUT2D eigenvalue weighted by Gasteiger charge is -2.27. The van der Waals surface area contributed by atoms with Crippen LogP contribution in [0.1, 0.15) is 102 Å². The quantitative estimate of drug-likeness (QED) is 0.144. The van der Waals surface area contributed by atoms with Gasteiger partial charge in [-0.3, -0.25) is 4.79 Å². The van der Waals surface area contributed by atoms with E-state index in [9.17, 15) is 18.0 Å². The van der Waals surface area contributed by atoms with Gasteiger partial charge in [-0.25, -0.2) is 9.97 Å². The molecule has 1 aromatic heterocycles. The molecule has 0 radical (unpaired) electrons. The van der Waals surface area contributed by atoms with Gasteiger partial charge in [-0.15, -0.1) is 0 Å². The minimum Gasteiger partial charge on any atom is -0.490 e. The molecule has 256 valence electrons. The van der Waals surface area contributed by atoms with Crippen LogP contribution in [0.25, 0.3) is 11.1 Å². The Bertz CT molecular complexity index is 1750. The highest BCUT2D eigenvalue weighted by Crippen LogP contribution is 2.37. The van der Waals surface area contributed by atoms with Crippen LogP contribution in [0.4, 0.5) is 19.1 Å². The average Bonchev–Trinajstić information content (AvgIpc) is 3.00. The topological polar surface area (TPSA) is 75.6 Å². The summed E-state index contributed by atoms with van der Waals surface area (Å²) in [5.74, 6) is 0.478. The summed E-state index contributed by atoms with van der Waals surface area (Å²) in [5.41, 5.74) is 9.54. The van der Waals surface area contributed by atoms with Gasteiger partial charge in [0.1, 0.15) is 0 Å². The molecule has 0 bridgehead atoms. The average molecular weight is 662 g/mol.